The zero-order valence-electron chi connectivity index (χ0n) is 13.4. The van der Waals surface area contributed by atoms with Gasteiger partial charge in [0.25, 0.3) is 0 Å². The fourth-order valence-electron chi connectivity index (χ4n) is 3.94. The predicted octanol–water partition coefficient (Wildman–Crippen LogP) is 2.75. The number of rotatable bonds is 4. The van der Waals surface area contributed by atoms with E-state index < -0.39 is 0 Å². The maximum Gasteiger partial charge on any atom is 0.308 e. The van der Waals surface area contributed by atoms with Crippen molar-refractivity contribution in [2.45, 2.75) is 38.6 Å². The summed E-state index contributed by atoms with van der Waals surface area (Å²) in [5.41, 5.74) is 1.30. The van der Waals surface area contributed by atoms with Gasteiger partial charge in [-0.05, 0) is 36.5 Å². The minimum atomic E-state index is -0.253. The minimum absolute atomic E-state index is 0.253. The van der Waals surface area contributed by atoms with Gasteiger partial charge < -0.3 is 10.1 Å². The Morgan fingerprint density at radius 2 is 2.00 bits per heavy atom. The summed E-state index contributed by atoms with van der Waals surface area (Å²) in [4.78, 5) is 13.8. The van der Waals surface area contributed by atoms with Crippen molar-refractivity contribution in [3.05, 3.63) is 29.8 Å². The average Bonchev–Trinajstić information content (AvgIpc) is 3.02. The number of piperazine rings is 1. The van der Waals surface area contributed by atoms with Gasteiger partial charge in [0.05, 0.1) is 0 Å². The molecule has 120 valence electrons. The quantitative estimate of drug-likeness (QED) is 0.686. The van der Waals surface area contributed by atoms with E-state index in [1.54, 1.807) is 0 Å². The van der Waals surface area contributed by atoms with Crippen LogP contribution in [0.25, 0.3) is 0 Å². The average molecular weight is 302 g/mol. The highest BCUT2D eigenvalue weighted by Gasteiger charge is 2.32. The van der Waals surface area contributed by atoms with Crippen molar-refractivity contribution in [1.82, 2.24) is 10.2 Å². The molecular weight excluding hydrogens is 276 g/mol. The normalized spacial score (nSPS) is 21.7. The maximum atomic E-state index is 11.2. The number of nitrogens with zero attached hydrogens (tertiary/aromatic N) is 1. The molecule has 1 saturated heterocycles. The Kier molecular flexibility index (Phi) is 5.11. The van der Waals surface area contributed by atoms with Crippen LogP contribution in [0.4, 0.5) is 0 Å². The summed E-state index contributed by atoms with van der Waals surface area (Å²) >= 11 is 0. The topological polar surface area (TPSA) is 41.6 Å². The van der Waals surface area contributed by atoms with Crippen molar-refractivity contribution in [2.24, 2.45) is 5.92 Å². The van der Waals surface area contributed by atoms with Gasteiger partial charge in [-0.15, -0.1) is 0 Å². The highest BCUT2D eigenvalue weighted by molar-refractivity contribution is 5.69. The van der Waals surface area contributed by atoms with E-state index in [0.717, 1.165) is 32.1 Å². The summed E-state index contributed by atoms with van der Waals surface area (Å²) in [6.07, 6.45) is 5.31. The second-order valence-corrected chi connectivity index (χ2v) is 6.44. The van der Waals surface area contributed by atoms with Crippen LogP contribution in [0.5, 0.6) is 5.75 Å². The van der Waals surface area contributed by atoms with Gasteiger partial charge >= 0.3 is 5.97 Å². The number of hydrogen-bond donors (Lipinski definition) is 1. The second kappa shape index (κ2) is 7.25. The first-order valence-corrected chi connectivity index (χ1v) is 8.47. The van der Waals surface area contributed by atoms with Gasteiger partial charge in [0, 0.05) is 39.1 Å². The lowest BCUT2D eigenvalue weighted by Gasteiger charge is -2.38. The van der Waals surface area contributed by atoms with E-state index in [-0.39, 0.29) is 5.97 Å². The molecule has 2 aliphatic rings. The molecule has 1 aromatic rings. The van der Waals surface area contributed by atoms with Crippen molar-refractivity contribution in [3.8, 4) is 5.75 Å². The Morgan fingerprint density at radius 1 is 1.27 bits per heavy atom. The Balaban J connectivity index is 1.85. The van der Waals surface area contributed by atoms with Crippen LogP contribution in [0.15, 0.2) is 24.3 Å². The van der Waals surface area contributed by atoms with Gasteiger partial charge in [-0.3, -0.25) is 9.69 Å². The molecule has 0 unspecified atom stereocenters. The Hall–Kier alpha value is -1.39. The summed E-state index contributed by atoms with van der Waals surface area (Å²) in [6, 6.07) is 8.59. The number of hydrogen-bond acceptors (Lipinski definition) is 4. The van der Waals surface area contributed by atoms with Gasteiger partial charge in [0.15, 0.2) is 0 Å². The smallest absolute Gasteiger partial charge is 0.308 e. The largest absolute Gasteiger partial charge is 0.427 e. The molecule has 1 aromatic carbocycles. The molecule has 1 atom stereocenters. The molecular formula is C18H26N2O2. The fourth-order valence-corrected chi connectivity index (χ4v) is 3.94. The Labute approximate surface area is 132 Å². The van der Waals surface area contributed by atoms with Crippen LogP contribution in [0.1, 0.15) is 44.2 Å². The Morgan fingerprint density at radius 3 is 2.68 bits per heavy atom. The van der Waals surface area contributed by atoms with E-state index in [2.05, 4.69) is 22.3 Å². The Bertz CT molecular complexity index is 506. The SMILES string of the molecule is CC(=O)Oc1cccc([C@@H](C2CCCC2)N2CCNCC2)c1. The molecule has 0 spiro atoms. The number of carbonyl (C=O) groups excluding carboxylic acids is 1. The monoisotopic (exact) mass is 302 g/mol. The highest BCUT2D eigenvalue weighted by Crippen LogP contribution is 2.40. The van der Waals surface area contributed by atoms with Crippen LogP contribution >= 0.6 is 0 Å². The van der Waals surface area contributed by atoms with E-state index in [0.29, 0.717) is 11.8 Å². The first-order chi connectivity index (χ1) is 10.7. The van der Waals surface area contributed by atoms with Gasteiger partial charge in [0.2, 0.25) is 0 Å². The molecule has 4 heteroatoms. The first kappa shape index (κ1) is 15.5. The van der Waals surface area contributed by atoms with Gasteiger partial charge in [-0.1, -0.05) is 25.0 Å². The summed E-state index contributed by atoms with van der Waals surface area (Å²) in [5, 5.41) is 3.44. The summed E-state index contributed by atoms with van der Waals surface area (Å²) < 4.78 is 5.29. The molecule has 1 aliphatic heterocycles. The van der Waals surface area contributed by atoms with Crippen LogP contribution in [-0.2, 0) is 4.79 Å². The zero-order chi connectivity index (χ0) is 15.4. The fraction of sp³-hybridized carbons (Fsp3) is 0.611. The molecule has 22 heavy (non-hydrogen) atoms. The molecule has 1 heterocycles. The first-order valence-electron chi connectivity index (χ1n) is 8.47. The van der Waals surface area contributed by atoms with Gasteiger partial charge in [-0.25, -0.2) is 0 Å². The molecule has 3 rings (SSSR count). The number of ether oxygens (including phenoxy) is 1. The summed E-state index contributed by atoms with van der Waals surface area (Å²) in [7, 11) is 0. The van der Waals surface area contributed by atoms with Crippen LogP contribution < -0.4 is 10.1 Å². The number of carbonyl (C=O) groups is 1. The molecule has 0 bridgehead atoms. The summed E-state index contributed by atoms with van der Waals surface area (Å²) in [5.74, 6) is 1.14. The van der Waals surface area contributed by atoms with E-state index >= 15 is 0 Å². The third kappa shape index (κ3) is 3.68. The van der Waals surface area contributed by atoms with Crippen molar-refractivity contribution < 1.29 is 9.53 Å². The van der Waals surface area contributed by atoms with Crippen molar-refractivity contribution >= 4 is 5.97 Å². The van der Waals surface area contributed by atoms with Crippen LogP contribution in [0.2, 0.25) is 0 Å². The van der Waals surface area contributed by atoms with Crippen LogP contribution in [0, 0.1) is 5.92 Å². The lowest BCUT2D eigenvalue weighted by molar-refractivity contribution is -0.131. The molecule has 0 radical (unpaired) electrons. The number of nitrogens with one attached hydrogen (secondary N) is 1. The molecule has 0 amide bonds. The van der Waals surface area contributed by atoms with E-state index in [4.69, 9.17) is 4.74 Å². The molecule has 1 N–H and O–H groups in total. The van der Waals surface area contributed by atoms with E-state index in [9.17, 15) is 4.79 Å². The molecule has 2 fully saturated rings. The number of benzene rings is 1. The van der Waals surface area contributed by atoms with Crippen molar-refractivity contribution in [2.75, 3.05) is 26.2 Å². The molecule has 1 saturated carbocycles. The van der Waals surface area contributed by atoms with Gasteiger partial charge in [0.1, 0.15) is 5.75 Å². The van der Waals surface area contributed by atoms with Gasteiger partial charge in [-0.2, -0.15) is 0 Å². The van der Waals surface area contributed by atoms with Crippen LogP contribution in [-0.4, -0.2) is 37.0 Å². The zero-order valence-corrected chi connectivity index (χ0v) is 13.4. The lowest BCUT2D eigenvalue weighted by Crippen LogP contribution is -2.46. The van der Waals surface area contributed by atoms with E-state index in [1.165, 1.54) is 38.2 Å². The third-order valence-electron chi connectivity index (χ3n) is 4.85. The molecule has 4 nitrogen and oxygen atoms in total. The van der Waals surface area contributed by atoms with Crippen molar-refractivity contribution in [1.29, 1.82) is 0 Å². The van der Waals surface area contributed by atoms with Crippen LogP contribution in [0.3, 0.4) is 0 Å². The maximum absolute atomic E-state index is 11.2. The lowest BCUT2D eigenvalue weighted by atomic mass is 9.89. The molecule has 0 aromatic heterocycles. The standard InChI is InChI=1S/C18H26N2O2/c1-14(21)22-17-8-4-7-16(13-17)18(15-5-2-3-6-15)20-11-9-19-10-12-20/h4,7-8,13,15,18-19H,2-3,5-6,9-12H2,1H3/t18-/m1/s1. The highest BCUT2D eigenvalue weighted by atomic mass is 16.5. The van der Waals surface area contributed by atoms with E-state index in [1.807, 2.05) is 12.1 Å². The number of esters is 1. The summed E-state index contributed by atoms with van der Waals surface area (Å²) in [6.45, 7) is 5.77. The minimum Gasteiger partial charge on any atom is -0.427 e. The predicted molar refractivity (Wildman–Crippen MR) is 86.9 cm³/mol. The van der Waals surface area contributed by atoms with Crippen molar-refractivity contribution in [3.63, 3.8) is 0 Å². The molecule has 1 aliphatic carbocycles. The third-order valence-corrected chi connectivity index (χ3v) is 4.85. The second-order valence-electron chi connectivity index (χ2n) is 6.44.